The summed E-state index contributed by atoms with van der Waals surface area (Å²) in [5.41, 5.74) is -0.0249. The minimum Gasteiger partial charge on any atom is -0.346 e. The Bertz CT molecular complexity index is 776. The van der Waals surface area contributed by atoms with Crippen LogP contribution in [0.3, 0.4) is 0 Å². The molecule has 0 aliphatic carbocycles. The van der Waals surface area contributed by atoms with E-state index >= 15 is 0 Å². The first-order valence-electron chi connectivity index (χ1n) is 8.31. The second-order valence-electron chi connectivity index (χ2n) is 7.34. The summed E-state index contributed by atoms with van der Waals surface area (Å²) in [6.45, 7) is 6.65. The van der Waals surface area contributed by atoms with Crippen LogP contribution in [0.1, 0.15) is 36.4 Å². The minimum atomic E-state index is -0.451. The molecule has 3 aliphatic heterocycles. The highest BCUT2D eigenvalue weighted by molar-refractivity contribution is 7.20. The van der Waals surface area contributed by atoms with Gasteiger partial charge in [0.15, 0.2) is 0 Å². The molecule has 1 unspecified atom stereocenters. The van der Waals surface area contributed by atoms with Gasteiger partial charge < -0.3 is 5.32 Å². The van der Waals surface area contributed by atoms with Gasteiger partial charge in [0, 0.05) is 16.3 Å². The Kier molecular flexibility index (Phi) is 5.06. The highest BCUT2D eigenvalue weighted by atomic mass is 35.5. The second kappa shape index (κ2) is 6.69. The van der Waals surface area contributed by atoms with Crippen molar-refractivity contribution in [2.75, 3.05) is 13.1 Å². The number of hydrogen-bond acceptors (Lipinski definition) is 3. The van der Waals surface area contributed by atoms with E-state index in [0.29, 0.717) is 10.8 Å². The summed E-state index contributed by atoms with van der Waals surface area (Å²) in [5, 5.41) is 4.06. The quantitative estimate of drug-likeness (QED) is 0.787. The van der Waals surface area contributed by atoms with Crippen molar-refractivity contribution in [3.05, 3.63) is 33.9 Å². The number of carbonyl (C=O) groups excluding carboxylic acids is 1. The first-order chi connectivity index (χ1) is 11.4. The number of amides is 1. The van der Waals surface area contributed by atoms with E-state index < -0.39 is 5.82 Å². The lowest BCUT2D eigenvalue weighted by Gasteiger charge is -2.56. The van der Waals surface area contributed by atoms with Crippen LogP contribution in [-0.4, -0.2) is 35.5 Å². The molecular formula is C18H21Cl2FN2OS. The summed E-state index contributed by atoms with van der Waals surface area (Å²) in [6.07, 6.45) is 2.28. The molecule has 3 aliphatic rings. The fourth-order valence-corrected chi connectivity index (χ4v) is 5.45. The van der Waals surface area contributed by atoms with E-state index in [9.17, 15) is 9.18 Å². The number of carbonyl (C=O) groups is 1. The molecule has 1 N–H and O–H groups in total. The number of nitrogens with zero attached hydrogens (tertiary/aromatic N) is 1. The molecule has 5 rings (SSSR count). The third-order valence-electron chi connectivity index (χ3n) is 5.66. The maximum absolute atomic E-state index is 13.6. The lowest BCUT2D eigenvalue weighted by atomic mass is 9.72. The van der Waals surface area contributed by atoms with E-state index in [4.69, 9.17) is 11.6 Å². The van der Waals surface area contributed by atoms with Crippen molar-refractivity contribution in [3.8, 4) is 0 Å². The molecule has 3 saturated heterocycles. The van der Waals surface area contributed by atoms with Gasteiger partial charge in [0.25, 0.3) is 5.91 Å². The standard InChI is InChI=1S/C18H20ClFN2OS.ClH/c1-18(2)16(10-3-5-22(18)6-4-10)21-17(23)15-8-11-7-13(20)12(19)9-14(11)24-15;/h7-10,16H,3-6H2,1-2H3,(H,21,23);1H. The van der Waals surface area contributed by atoms with Crippen LogP contribution in [0, 0.1) is 11.7 Å². The number of fused-ring (bicyclic) bond motifs is 4. The van der Waals surface area contributed by atoms with Crippen LogP contribution in [0.15, 0.2) is 18.2 Å². The highest BCUT2D eigenvalue weighted by Crippen LogP contribution is 2.39. The maximum atomic E-state index is 13.6. The lowest BCUT2D eigenvalue weighted by molar-refractivity contribution is -0.0377. The van der Waals surface area contributed by atoms with Gasteiger partial charge in [-0.25, -0.2) is 4.39 Å². The first kappa shape index (κ1) is 18.9. The molecule has 0 saturated carbocycles. The van der Waals surface area contributed by atoms with Crippen molar-refractivity contribution < 1.29 is 9.18 Å². The van der Waals surface area contributed by atoms with Crippen LogP contribution >= 0.6 is 35.3 Å². The van der Waals surface area contributed by atoms with Crippen LogP contribution in [0.4, 0.5) is 4.39 Å². The summed E-state index contributed by atoms with van der Waals surface area (Å²) >= 11 is 7.20. The number of nitrogens with one attached hydrogen (secondary N) is 1. The van der Waals surface area contributed by atoms with Gasteiger partial charge in [0.1, 0.15) is 5.82 Å². The number of piperidine rings is 3. The van der Waals surface area contributed by atoms with Gasteiger partial charge in [-0.15, -0.1) is 23.7 Å². The number of rotatable bonds is 2. The van der Waals surface area contributed by atoms with Gasteiger partial charge in [-0.2, -0.15) is 0 Å². The van der Waals surface area contributed by atoms with E-state index in [0.717, 1.165) is 36.0 Å². The van der Waals surface area contributed by atoms with Crippen molar-refractivity contribution in [1.82, 2.24) is 10.2 Å². The Balaban J connectivity index is 0.00000182. The summed E-state index contributed by atoms with van der Waals surface area (Å²) in [6, 6.07) is 4.89. The Hall–Kier alpha value is -0.880. The van der Waals surface area contributed by atoms with Gasteiger partial charge in [0.05, 0.1) is 9.90 Å². The maximum Gasteiger partial charge on any atom is 0.261 e. The smallest absolute Gasteiger partial charge is 0.261 e. The first-order valence-corrected chi connectivity index (χ1v) is 9.50. The SMILES string of the molecule is CC1(C)C(NC(=O)c2cc3cc(F)c(Cl)cc3s2)C2CCN1CC2.Cl. The Labute approximate surface area is 161 Å². The van der Waals surface area contributed by atoms with Crippen LogP contribution < -0.4 is 5.32 Å². The summed E-state index contributed by atoms with van der Waals surface area (Å²) in [7, 11) is 0. The second-order valence-corrected chi connectivity index (χ2v) is 8.84. The van der Waals surface area contributed by atoms with Crippen molar-refractivity contribution in [2.24, 2.45) is 5.92 Å². The molecule has 4 heterocycles. The van der Waals surface area contributed by atoms with Gasteiger partial charge in [-0.3, -0.25) is 9.69 Å². The third kappa shape index (κ3) is 3.16. The van der Waals surface area contributed by atoms with Gasteiger partial charge in [-0.05, 0) is 69.3 Å². The fourth-order valence-electron chi connectivity index (χ4n) is 4.24. The highest BCUT2D eigenvalue weighted by Gasteiger charge is 2.48. The molecule has 1 amide bonds. The van der Waals surface area contributed by atoms with Crippen LogP contribution in [-0.2, 0) is 0 Å². The molecule has 3 fully saturated rings. The van der Waals surface area contributed by atoms with Gasteiger partial charge in [-0.1, -0.05) is 11.6 Å². The number of benzene rings is 1. The molecule has 25 heavy (non-hydrogen) atoms. The van der Waals surface area contributed by atoms with Gasteiger partial charge >= 0.3 is 0 Å². The fraction of sp³-hybridized carbons (Fsp3) is 0.500. The summed E-state index contributed by atoms with van der Waals surface area (Å²) < 4.78 is 14.4. The van der Waals surface area contributed by atoms with E-state index in [1.54, 1.807) is 12.1 Å². The van der Waals surface area contributed by atoms with E-state index in [1.165, 1.54) is 17.4 Å². The number of hydrogen-bond donors (Lipinski definition) is 1. The largest absolute Gasteiger partial charge is 0.346 e. The van der Waals surface area contributed by atoms with Gasteiger partial charge in [0.2, 0.25) is 0 Å². The normalized spacial score (nSPS) is 27.1. The zero-order valence-corrected chi connectivity index (χ0v) is 16.5. The Morgan fingerprint density at radius 1 is 1.32 bits per heavy atom. The van der Waals surface area contributed by atoms with E-state index in [-0.39, 0.29) is 34.9 Å². The Morgan fingerprint density at radius 3 is 2.64 bits per heavy atom. The predicted octanol–water partition coefficient (Wildman–Crippen LogP) is 4.72. The van der Waals surface area contributed by atoms with Crippen molar-refractivity contribution in [2.45, 2.75) is 38.3 Å². The summed E-state index contributed by atoms with van der Waals surface area (Å²) in [4.78, 5) is 15.9. The Morgan fingerprint density at radius 2 is 2.00 bits per heavy atom. The van der Waals surface area contributed by atoms with Crippen LogP contribution in [0.5, 0.6) is 0 Å². The zero-order chi connectivity index (χ0) is 17.1. The molecule has 1 aromatic carbocycles. The molecule has 2 aromatic rings. The average molecular weight is 403 g/mol. The minimum absolute atomic E-state index is 0. The molecule has 136 valence electrons. The zero-order valence-electron chi connectivity index (χ0n) is 14.1. The van der Waals surface area contributed by atoms with E-state index in [1.807, 2.05) is 0 Å². The molecule has 1 aromatic heterocycles. The molecule has 3 nitrogen and oxygen atoms in total. The number of thiophene rings is 1. The average Bonchev–Trinajstić information content (AvgIpc) is 2.94. The molecule has 1 atom stereocenters. The van der Waals surface area contributed by atoms with Crippen molar-refractivity contribution in [3.63, 3.8) is 0 Å². The van der Waals surface area contributed by atoms with E-state index in [2.05, 4.69) is 24.1 Å². The summed E-state index contributed by atoms with van der Waals surface area (Å²) in [5.74, 6) is 0.0159. The van der Waals surface area contributed by atoms with Crippen LogP contribution in [0.2, 0.25) is 5.02 Å². The lowest BCUT2D eigenvalue weighted by Crippen LogP contribution is -2.69. The topological polar surface area (TPSA) is 32.3 Å². The molecule has 0 radical (unpaired) electrons. The molecule has 0 spiro atoms. The predicted molar refractivity (Wildman–Crippen MR) is 104 cm³/mol. The molecular weight excluding hydrogens is 382 g/mol. The van der Waals surface area contributed by atoms with Crippen molar-refractivity contribution >= 4 is 51.3 Å². The van der Waals surface area contributed by atoms with Crippen molar-refractivity contribution in [1.29, 1.82) is 0 Å². The van der Waals surface area contributed by atoms with Crippen LogP contribution in [0.25, 0.3) is 10.1 Å². The molecule has 7 heteroatoms. The number of halogens is 3. The molecule has 2 bridgehead atoms. The third-order valence-corrected chi connectivity index (χ3v) is 7.04. The monoisotopic (exact) mass is 402 g/mol.